The zero-order valence-corrected chi connectivity index (χ0v) is 44.3. The van der Waals surface area contributed by atoms with Crippen molar-refractivity contribution < 1.29 is 104 Å². The van der Waals surface area contributed by atoms with Crippen molar-refractivity contribution in [1.82, 2.24) is 46.5 Å². The highest BCUT2D eigenvalue weighted by molar-refractivity contribution is 5.97. The molecule has 2 heterocycles. The molecule has 3 rings (SSSR count). The molecular weight excluding hydrogens is 1090 g/mol. The number of carboxylic acid groups (broad SMARTS) is 2. The molecule has 5 amide bonds. The van der Waals surface area contributed by atoms with E-state index in [9.17, 15) is 99.0 Å². The number of aliphatic carboxylic acids is 2. The summed E-state index contributed by atoms with van der Waals surface area (Å²) in [7, 11) is 1.21. The molecular formula is C49H71N11O22. The lowest BCUT2D eigenvalue weighted by Crippen LogP contribution is -2.49. The second-order valence-corrected chi connectivity index (χ2v) is 19.0. The van der Waals surface area contributed by atoms with E-state index in [-0.39, 0.29) is 35.6 Å². The predicted molar refractivity (Wildman–Crippen MR) is 280 cm³/mol. The summed E-state index contributed by atoms with van der Waals surface area (Å²) in [5.41, 5.74) is 5.77. The zero-order valence-electron chi connectivity index (χ0n) is 44.3. The van der Waals surface area contributed by atoms with Crippen LogP contribution in [0.25, 0.3) is 11.2 Å². The molecule has 0 aliphatic heterocycles. The number of ketones is 2. The van der Waals surface area contributed by atoms with Crippen molar-refractivity contribution in [2.24, 2.45) is 11.8 Å². The van der Waals surface area contributed by atoms with Gasteiger partial charge in [0.15, 0.2) is 16.9 Å². The van der Waals surface area contributed by atoms with Crippen LogP contribution in [-0.2, 0) is 44.9 Å². The van der Waals surface area contributed by atoms with Crippen molar-refractivity contribution in [2.75, 3.05) is 44.4 Å². The van der Waals surface area contributed by atoms with Crippen LogP contribution in [0.4, 0.5) is 11.6 Å². The van der Waals surface area contributed by atoms with Crippen molar-refractivity contribution in [2.45, 2.75) is 132 Å². The van der Waals surface area contributed by atoms with Crippen LogP contribution in [0.5, 0.6) is 0 Å². The number of carboxylic acids is 2. The number of rotatable bonds is 38. The van der Waals surface area contributed by atoms with Gasteiger partial charge in [-0.3, -0.25) is 48.1 Å². The Morgan fingerprint density at radius 2 is 1.16 bits per heavy atom. The van der Waals surface area contributed by atoms with E-state index in [4.69, 9.17) is 15.9 Å². The summed E-state index contributed by atoms with van der Waals surface area (Å²) < 4.78 is 0. The quantitative estimate of drug-likeness (QED) is 0.0253. The molecule has 0 saturated heterocycles. The summed E-state index contributed by atoms with van der Waals surface area (Å²) in [5, 5.41) is 132. The molecule has 0 aliphatic carbocycles. The Morgan fingerprint density at radius 3 is 1.67 bits per heavy atom. The number of Topliss-reactive ketones (excluding diaryl/α,β-unsaturated/α-hetero) is 2. The molecule has 33 nitrogen and oxygen atoms in total. The van der Waals surface area contributed by atoms with Gasteiger partial charge in [0.2, 0.25) is 29.6 Å². The Bertz CT molecular complexity index is 2720. The van der Waals surface area contributed by atoms with Crippen LogP contribution in [0.2, 0.25) is 0 Å². The number of fused-ring (bicyclic) bond motifs is 1. The molecule has 0 aliphatic rings. The Morgan fingerprint density at radius 1 is 0.634 bits per heavy atom. The Labute approximate surface area is 465 Å². The topological polar surface area (TPSA) is 566 Å². The molecule has 21 N–H and O–H groups in total. The van der Waals surface area contributed by atoms with Gasteiger partial charge in [-0.25, -0.2) is 14.8 Å². The average molecular weight is 1170 g/mol. The van der Waals surface area contributed by atoms with Crippen LogP contribution in [0, 0.1) is 11.8 Å². The Kier molecular flexibility index (Phi) is 28.3. The number of carbonyl (C=O) groups excluding carboxylic acids is 7. The number of hydrogen-bond acceptors (Lipinski definition) is 25. The summed E-state index contributed by atoms with van der Waals surface area (Å²) in [6.07, 6.45) is -20.0. The number of anilines is 2. The molecule has 33 heteroatoms. The fraction of sp³-hybridized carbons (Fsp3) is 0.571. The van der Waals surface area contributed by atoms with Crippen molar-refractivity contribution in [1.29, 1.82) is 0 Å². The van der Waals surface area contributed by atoms with Gasteiger partial charge < -0.3 is 98.9 Å². The number of aromatic amines is 1. The lowest BCUT2D eigenvalue weighted by molar-refractivity contribution is -0.140. The number of benzene rings is 1. The van der Waals surface area contributed by atoms with Crippen molar-refractivity contribution in [3.63, 3.8) is 0 Å². The van der Waals surface area contributed by atoms with Crippen LogP contribution < -0.4 is 43.2 Å². The average Bonchev–Trinajstić information content (AvgIpc) is 3.48. The van der Waals surface area contributed by atoms with Crippen molar-refractivity contribution in [3.05, 3.63) is 52.1 Å². The van der Waals surface area contributed by atoms with Gasteiger partial charge in [-0.1, -0.05) is 0 Å². The summed E-state index contributed by atoms with van der Waals surface area (Å²) in [4.78, 5) is 144. The van der Waals surface area contributed by atoms with E-state index in [2.05, 4.69) is 51.8 Å². The van der Waals surface area contributed by atoms with Crippen LogP contribution in [0.15, 0.2) is 35.3 Å². The van der Waals surface area contributed by atoms with Crippen LogP contribution in [0.3, 0.4) is 0 Å². The number of nitrogens with one attached hydrogen (secondary N) is 7. The minimum atomic E-state index is -2.06. The van der Waals surface area contributed by atoms with Crippen molar-refractivity contribution >= 4 is 75.8 Å². The SMILES string of the molecule is CNC(=O)[C@H](CCC(=O)NC[C@H](O)[C@@H](O)[C@H](O)[C@H](O)CO)CC(=O)[C@H](CCC(=O)O)NC(=O)[C@H](CCC(=O)NC[C@H](O)[C@@H](O)[C@H](O)[C@H](O)CO)CC(=O)CC[C@H](NC(=O)c1ccc(NCc2cnc3nc(N)[nH]c(=O)c3n2)cc1)C(=O)O. The number of amides is 5. The van der Waals surface area contributed by atoms with Crippen LogP contribution in [-0.4, -0.2) is 229 Å². The summed E-state index contributed by atoms with van der Waals surface area (Å²) in [6.45, 7) is -3.27. The van der Waals surface area contributed by atoms with E-state index in [1.165, 1.54) is 37.5 Å². The second-order valence-electron chi connectivity index (χ2n) is 19.0. The number of H-pyrrole nitrogens is 1. The monoisotopic (exact) mass is 1170 g/mol. The third-order valence-corrected chi connectivity index (χ3v) is 12.8. The number of nitrogens with zero attached hydrogens (tertiary/aromatic N) is 3. The number of aliphatic hydroxyl groups excluding tert-OH is 10. The van der Waals surface area contributed by atoms with E-state index < -0.39 is 215 Å². The molecule has 1 aromatic carbocycles. The Balaban J connectivity index is 1.75. The summed E-state index contributed by atoms with van der Waals surface area (Å²) >= 11 is 0. The van der Waals surface area contributed by atoms with Gasteiger partial charge >= 0.3 is 11.9 Å². The van der Waals surface area contributed by atoms with Gasteiger partial charge in [0.05, 0.1) is 49.9 Å². The molecule has 2 aromatic heterocycles. The predicted octanol–water partition coefficient (Wildman–Crippen LogP) is -7.22. The molecule has 0 saturated carbocycles. The van der Waals surface area contributed by atoms with E-state index >= 15 is 0 Å². The fourth-order valence-electron chi connectivity index (χ4n) is 7.87. The fourth-order valence-corrected chi connectivity index (χ4v) is 7.87. The third-order valence-electron chi connectivity index (χ3n) is 12.8. The number of aliphatic hydroxyl groups is 10. The maximum atomic E-state index is 14.1. The molecule has 12 atom stereocenters. The summed E-state index contributed by atoms with van der Waals surface area (Å²) in [5.74, 6) is -12.1. The second kappa shape index (κ2) is 33.9. The van der Waals surface area contributed by atoms with Gasteiger partial charge in [-0.05, 0) is 49.9 Å². The first kappa shape index (κ1) is 68.5. The van der Waals surface area contributed by atoms with E-state index in [0.29, 0.717) is 11.4 Å². The highest BCUT2D eigenvalue weighted by Gasteiger charge is 2.34. The number of carbonyl (C=O) groups is 9. The van der Waals surface area contributed by atoms with Crippen LogP contribution >= 0.6 is 0 Å². The largest absolute Gasteiger partial charge is 0.481 e. The zero-order chi connectivity index (χ0) is 61.4. The number of aromatic nitrogens is 4. The highest BCUT2D eigenvalue weighted by Crippen LogP contribution is 2.20. The van der Waals surface area contributed by atoms with Gasteiger partial charge in [0.25, 0.3) is 11.5 Å². The minimum absolute atomic E-state index is 0.00309. The first-order valence-corrected chi connectivity index (χ1v) is 25.6. The maximum Gasteiger partial charge on any atom is 0.326 e. The lowest BCUT2D eigenvalue weighted by Gasteiger charge is -2.26. The number of hydrogen-bond donors (Lipinski definition) is 20. The van der Waals surface area contributed by atoms with E-state index in [0.717, 1.165) is 0 Å². The smallest absolute Gasteiger partial charge is 0.326 e. The molecule has 0 unspecified atom stereocenters. The number of nitrogen functional groups attached to an aromatic ring is 1. The van der Waals surface area contributed by atoms with Crippen molar-refractivity contribution in [3.8, 4) is 0 Å². The Hall–Kier alpha value is -7.73. The molecule has 0 bridgehead atoms. The lowest BCUT2D eigenvalue weighted by atomic mass is 9.90. The molecule has 3 aromatic rings. The van der Waals surface area contributed by atoms with Crippen LogP contribution in [0.1, 0.15) is 80.3 Å². The van der Waals surface area contributed by atoms with Gasteiger partial charge in [-0.15, -0.1) is 0 Å². The number of nitrogens with two attached hydrogens (primary N) is 1. The first-order chi connectivity index (χ1) is 38.7. The van der Waals surface area contributed by atoms with E-state index in [1.54, 1.807) is 0 Å². The normalized spacial score (nSPS) is 15.8. The summed E-state index contributed by atoms with van der Waals surface area (Å²) in [6, 6.07) is 2.35. The van der Waals surface area contributed by atoms with Gasteiger partial charge in [-0.2, -0.15) is 4.98 Å². The third kappa shape index (κ3) is 22.3. The first-order valence-electron chi connectivity index (χ1n) is 25.6. The standard InChI is InChI=1S/C49H71N11O22/c1-51-44(77)24(5-12-36(70)54-19-32(66)40(74)42(76)34(68)21-62)15-30(64)28(10-13-37(71)72)57-46(79)23(4-11-35(69)53-18-31(65)39(73)41(75)33(67)20-61)14-27(63)8-9-29(48(81)82)58-45(78)22-2-6-25(7-3-22)52-16-26-17-55-43-38(56-26)47(80)60-49(50)59-43/h2-3,6-7,17,23-24,28-29,31-34,39-42,52,61-62,65-68,73-76H,4-5,8-16,18-21H2,1H3,(H,51,77)(H,53,69)(H,54,70)(H,57,79)(H,58,78)(H,71,72)(H,81,82)(H3,50,55,59,60,80)/t23-,24-,28+,29+,31+,32+,33-,34-,39-,40-,41-,42-/m1/s1. The highest BCUT2D eigenvalue weighted by atomic mass is 16.4. The molecule has 82 heavy (non-hydrogen) atoms. The maximum absolute atomic E-state index is 14.1. The molecule has 0 radical (unpaired) electrons. The van der Waals surface area contributed by atoms with E-state index in [1.807, 2.05) is 0 Å². The minimum Gasteiger partial charge on any atom is -0.481 e. The molecule has 0 spiro atoms. The molecule has 0 fully saturated rings. The van der Waals surface area contributed by atoms with Gasteiger partial charge in [0.1, 0.15) is 48.4 Å². The van der Waals surface area contributed by atoms with Gasteiger partial charge in [0, 0.05) is 81.7 Å². The molecule has 454 valence electrons.